The first-order valence-corrected chi connectivity index (χ1v) is 6.36. The molecule has 1 fully saturated rings. The van der Waals surface area contributed by atoms with E-state index in [-0.39, 0.29) is 11.4 Å². The highest BCUT2D eigenvalue weighted by Gasteiger charge is 2.39. The standard InChI is InChI=1S/C13H14Cl2O2/c1-17-13(6-3-7-13)8-11(16)9-4-2-5-10(14)12(9)15/h2,4-5H,3,6-8H2,1H3. The second kappa shape index (κ2) is 4.97. The molecule has 1 aliphatic rings. The van der Waals surface area contributed by atoms with Crippen molar-refractivity contribution in [3.63, 3.8) is 0 Å². The van der Waals surface area contributed by atoms with Crippen molar-refractivity contribution in [2.75, 3.05) is 7.11 Å². The lowest BCUT2D eigenvalue weighted by Gasteiger charge is -2.40. The van der Waals surface area contributed by atoms with Crippen LogP contribution in [-0.4, -0.2) is 18.5 Å². The van der Waals surface area contributed by atoms with Crippen molar-refractivity contribution in [2.45, 2.75) is 31.3 Å². The van der Waals surface area contributed by atoms with E-state index < -0.39 is 0 Å². The SMILES string of the molecule is COC1(CC(=O)c2cccc(Cl)c2Cl)CCC1. The molecule has 1 aromatic carbocycles. The fourth-order valence-corrected chi connectivity index (χ4v) is 2.54. The van der Waals surface area contributed by atoms with Crippen LogP contribution in [0.1, 0.15) is 36.0 Å². The predicted octanol–water partition coefficient (Wildman–Crippen LogP) is 4.14. The van der Waals surface area contributed by atoms with Gasteiger partial charge in [0.2, 0.25) is 0 Å². The minimum Gasteiger partial charge on any atom is -0.378 e. The third-order valence-corrected chi connectivity index (χ3v) is 4.25. The van der Waals surface area contributed by atoms with Crippen LogP contribution in [0.25, 0.3) is 0 Å². The molecule has 0 bridgehead atoms. The van der Waals surface area contributed by atoms with Crippen molar-refractivity contribution in [3.8, 4) is 0 Å². The highest BCUT2D eigenvalue weighted by molar-refractivity contribution is 6.43. The molecule has 0 spiro atoms. The van der Waals surface area contributed by atoms with E-state index >= 15 is 0 Å². The number of carbonyl (C=O) groups is 1. The molecule has 1 aromatic rings. The van der Waals surface area contributed by atoms with Crippen LogP contribution in [0.3, 0.4) is 0 Å². The van der Waals surface area contributed by atoms with Crippen molar-refractivity contribution in [1.29, 1.82) is 0 Å². The first-order chi connectivity index (χ1) is 8.08. The number of rotatable bonds is 4. The van der Waals surface area contributed by atoms with Gasteiger partial charge in [0.05, 0.1) is 15.6 Å². The van der Waals surface area contributed by atoms with Crippen LogP contribution in [0.15, 0.2) is 18.2 Å². The summed E-state index contributed by atoms with van der Waals surface area (Å²) in [6, 6.07) is 5.12. The van der Waals surface area contributed by atoms with Gasteiger partial charge in [0.1, 0.15) is 0 Å². The predicted molar refractivity (Wildman–Crippen MR) is 69.0 cm³/mol. The van der Waals surface area contributed by atoms with E-state index in [4.69, 9.17) is 27.9 Å². The lowest BCUT2D eigenvalue weighted by atomic mass is 9.76. The van der Waals surface area contributed by atoms with Gasteiger partial charge in [-0.3, -0.25) is 4.79 Å². The molecule has 2 rings (SSSR count). The molecule has 2 nitrogen and oxygen atoms in total. The van der Waals surface area contributed by atoms with Crippen molar-refractivity contribution < 1.29 is 9.53 Å². The van der Waals surface area contributed by atoms with Gasteiger partial charge >= 0.3 is 0 Å². The molecular formula is C13H14Cl2O2. The average Bonchev–Trinajstić information content (AvgIpc) is 2.27. The molecule has 0 aromatic heterocycles. The Morgan fingerprint density at radius 3 is 2.65 bits per heavy atom. The molecule has 0 amide bonds. The molecule has 0 atom stereocenters. The zero-order valence-electron chi connectivity index (χ0n) is 9.63. The van der Waals surface area contributed by atoms with E-state index in [0.29, 0.717) is 22.0 Å². The number of Topliss-reactive ketones (excluding diaryl/α,β-unsaturated/α-hetero) is 1. The molecule has 0 heterocycles. The van der Waals surface area contributed by atoms with Crippen molar-refractivity contribution >= 4 is 29.0 Å². The van der Waals surface area contributed by atoms with Crippen molar-refractivity contribution in [2.24, 2.45) is 0 Å². The van der Waals surface area contributed by atoms with Gasteiger partial charge in [0, 0.05) is 19.1 Å². The molecule has 0 unspecified atom stereocenters. The molecular weight excluding hydrogens is 259 g/mol. The summed E-state index contributed by atoms with van der Waals surface area (Å²) in [6.07, 6.45) is 3.37. The van der Waals surface area contributed by atoms with Gasteiger partial charge in [-0.2, -0.15) is 0 Å². The second-order valence-electron chi connectivity index (χ2n) is 4.44. The third kappa shape index (κ3) is 2.49. The van der Waals surface area contributed by atoms with Gasteiger partial charge in [-0.15, -0.1) is 0 Å². The zero-order chi connectivity index (χ0) is 12.5. The number of methoxy groups -OCH3 is 1. The number of hydrogen-bond acceptors (Lipinski definition) is 2. The normalized spacial score (nSPS) is 17.6. The van der Waals surface area contributed by atoms with Crippen molar-refractivity contribution in [1.82, 2.24) is 0 Å². The number of hydrogen-bond donors (Lipinski definition) is 0. The third-order valence-electron chi connectivity index (χ3n) is 3.43. The number of benzene rings is 1. The van der Waals surface area contributed by atoms with Crippen LogP contribution < -0.4 is 0 Å². The average molecular weight is 273 g/mol. The lowest BCUT2D eigenvalue weighted by molar-refractivity contribution is -0.0704. The topological polar surface area (TPSA) is 26.3 Å². The lowest BCUT2D eigenvalue weighted by Crippen LogP contribution is -2.41. The van der Waals surface area contributed by atoms with Crippen LogP contribution >= 0.6 is 23.2 Å². The Hall–Kier alpha value is -0.570. The summed E-state index contributed by atoms with van der Waals surface area (Å²) in [5, 5.41) is 0.752. The molecule has 1 saturated carbocycles. The zero-order valence-corrected chi connectivity index (χ0v) is 11.1. The van der Waals surface area contributed by atoms with Crippen LogP contribution in [0, 0.1) is 0 Å². The second-order valence-corrected chi connectivity index (χ2v) is 5.23. The van der Waals surface area contributed by atoms with Gasteiger partial charge in [-0.1, -0.05) is 29.3 Å². The molecule has 17 heavy (non-hydrogen) atoms. The summed E-state index contributed by atoms with van der Waals surface area (Å²) in [4.78, 5) is 12.2. The molecule has 4 heteroatoms. The Labute approximate surface area is 111 Å². The monoisotopic (exact) mass is 272 g/mol. The van der Waals surface area contributed by atoms with Crippen LogP contribution in [0.2, 0.25) is 10.0 Å². The van der Waals surface area contributed by atoms with E-state index in [1.807, 2.05) is 0 Å². The molecule has 0 N–H and O–H groups in total. The van der Waals surface area contributed by atoms with Gasteiger partial charge in [-0.05, 0) is 31.4 Å². The first kappa shape index (κ1) is 12.9. The summed E-state index contributed by atoms with van der Waals surface area (Å²) in [5.41, 5.74) is 0.213. The molecule has 0 saturated heterocycles. The molecule has 1 aliphatic carbocycles. The van der Waals surface area contributed by atoms with E-state index in [9.17, 15) is 4.79 Å². The van der Waals surface area contributed by atoms with E-state index in [1.165, 1.54) is 0 Å². The van der Waals surface area contributed by atoms with Crippen LogP contribution in [-0.2, 0) is 4.74 Å². The Kier molecular flexibility index (Phi) is 3.76. The number of halogens is 2. The van der Waals surface area contributed by atoms with E-state index in [2.05, 4.69) is 0 Å². The van der Waals surface area contributed by atoms with Crippen LogP contribution in [0.5, 0.6) is 0 Å². The van der Waals surface area contributed by atoms with Gasteiger partial charge < -0.3 is 4.74 Å². The first-order valence-electron chi connectivity index (χ1n) is 5.60. The fraction of sp³-hybridized carbons (Fsp3) is 0.462. The van der Waals surface area contributed by atoms with Crippen molar-refractivity contribution in [3.05, 3.63) is 33.8 Å². The van der Waals surface area contributed by atoms with E-state index in [1.54, 1.807) is 25.3 Å². The Bertz CT molecular complexity index is 434. The smallest absolute Gasteiger partial charge is 0.167 e. The number of ketones is 1. The Morgan fingerprint density at radius 2 is 2.12 bits per heavy atom. The van der Waals surface area contributed by atoms with Gasteiger partial charge in [0.25, 0.3) is 0 Å². The summed E-state index contributed by atoms with van der Waals surface area (Å²) < 4.78 is 5.44. The van der Waals surface area contributed by atoms with E-state index in [0.717, 1.165) is 19.3 Å². The highest BCUT2D eigenvalue weighted by Crippen LogP contribution is 2.39. The summed E-state index contributed by atoms with van der Waals surface area (Å²) >= 11 is 11.9. The van der Waals surface area contributed by atoms with Gasteiger partial charge in [-0.25, -0.2) is 0 Å². The maximum atomic E-state index is 12.2. The fourth-order valence-electron chi connectivity index (χ4n) is 2.13. The Balaban J connectivity index is 2.17. The quantitative estimate of drug-likeness (QED) is 0.771. The molecule has 92 valence electrons. The Morgan fingerprint density at radius 1 is 1.41 bits per heavy atom. The maximum absolute atomic E-state index is 12.2. The molecule has 0 aliphatic heterocycles. The summed E-state index contributed by atoms with van der Waals surface area (Å²) in [6.45, 7) is 0. The minimum atomic E-state index is -0.275. The molecule has 0 radical (unpaired) electrons. The maximum Gasteiger partial charge on any atom is 0.167 e. The van der Waals surface area contributed by atoms with Gasteiger partial charge in [0.15, 0.2) is 5.78 Å². The largest absolute Gasteiger partial charge is 0.378 e. The number of carbonyl (C=O) groups excluding carboxylic acids is 1. The summed E-state index contributed by atoms with van der Waals surface area (Å²) in [7, 11) is 1.66. The van der Waals surface area contributed by atoms with Crippen LogP contribution in [0.4, 0.5) is 0 Å². The highest BCUT2D eigenvalue weighted by atomic mass is 35.5. The summed E-state index contributed by atoms with van der Waals surface area (Å²) in [5.74, 6) is -0.000880. The number of ether oxygens (including phenoxy) is 1. The minimum absolute atomic E-state index is 0.000880.